The molecular weight excluding hydrogens is 471 g/mol. The van der Waals surface area contributed by atoms with Gasteiger partial charge in [0.1, 0.15) is 11.5 Å². The Bertz CT molecular complexity index is 1290. The first-order valence-electron chi connectivity index (χ1n) is 10.7. The van der Waals surface area contributed by atoms with Gasteiger partial charge >= 0.3 is 0 Å². The van der Waals surface area contributed by atoms with Crippen LogP contribution in [0.25, 0.3) is 5.69 Å². The maximum absolute atomic E-state index is 13.9. The molecule has 5 nitrogen and oxygen atoms in total. The van der Waals surface area contributed by atoms with Gasteiger partial charge < -0.3 is 18.9 Å². The van der Waals surface area contributed by atoms with E-state index in [9.17, 15) is 4.79 Å². The molecule has 1 aromatic heterocycles. The van der Waals surface area contributed by atoms with Gasteiger partial charge in [-0.05, 0) is 54.1 Å². The summed E-state index contributed by atoms with van der Waals surface area (Å²) in [5.74, 6) is 1.18. The molecule has 0 aliphatic rings. The van der Waals surface area contributed by atoms with Crippen LogP contribution in [-0.4, -0.2) is 29.6 Å². The van der Waals surface area contributed by atoms with E-state index in [4.69, 9.17) is 32.7 Å². The number of nitrogens with zero attached hydrogens (tertiary/aromatic N) is 2. The number of benzene rings is 3. The second-order valence-electron chi connectivity index (χ2n) is 7.68. The van der Waals surface area contributed by atoms with Crippen molar-refractivity contribution in [2.24, 2.45) is 0 Å². The zero-order valence-electron chi connectivity index (χ0n) is 18.9. The molecule has 0 aliphatic heterocycles. The molecule has 0 bridgehead atoms. The van der Waals surface area contributed by atoms with Crippen LogP contribution in [0.3, 0.4) is 0 Å². The second kappa shape index (κ2) is 10.7. The molecule has 0 saturated heterocycles. The van der Waals surface area contributed by atoms with Crippen LogP contribution in [0.2, 0.25) is 10.0 Å². The van der Waals surface area contributed by atoms with E-state index in [-0.39, 0.29) is 5.91 Å². The number of hydrogen-bond acceptors (Lipinski definition) is 3. The number of carbonyl (C=O) groups excluding carboxylic acids is 1. The predicted octanol–water partition coefficient (Wildman–Crippen LogP) is 6.64. The van der Waals surface area contributed by atoms with Crippen LogP contribution in [0, 0.1) is 0 Å². The normalized spacial score (nSPS) is 10.7. The van der Waals surface area contributed by atoms with Crippen LogP contribution in [0.15, 0.2) is 85.2 Å². The first kappa shape index (κ1) is 23.7. The molecule has 1 amide bonds. The molecule has 0 radical (unpaired) electrons. The Kier molecular flexibility index (Phi) is 7.46. The number of aromatic nitrogens is 1. The average Bonchev–Trinajstić information content (AvgIpc) is 3.40. The van der Waals surface area contributed by atoms with Gasteiger partial charge in [0.25, 0.3) is 5.91 Å². The fourth-order valence-electron chi connectivity index (χ4n) is 3.79. The first-order valence-corrected chi connectivity index (χ1v) is 11.4. The third-order valence-corrected chi connectivity index (χ3v) is 6.12. The van der Waals surface area contributed by atoms with Crippen molar-refractivity contribution >= 4 is 29.1 Å². The number of amides is 1. The van der Waals surface area contributed by atoms with Gasteiger partial charge in [-0.25, -0.2) is 0 Å². The van der Waals surface area contributed by atoms with Gasteiger partial charge in [-0.15, -0.1) is 0 Å². The van der Waals surface area contributed by atoms with E-state index >= 15 is 0 Å². The molecule has 0 spiro atoms. The molecule has 0 N–H and O–H groups in total. The van der Waals surface area contributed by atoms with E-state index in [1.165, 1.54) is 0 Å². The molecule has 3 aromatic carbocycles. The molecule has 4 rings (SSSR count). The summed E-state index contributed by atoms with van der Waals surface area (Å²) in [5, 5.41) is 1.05. The van der Waals surface area contributed by atoms with Gasteiger partial charge in [-0.3, -0.25) is 4.79 Å². The lowest BCUT2D eigenvalue weighted by atomic mass is 10.1. The molecule has 0 aliphatic carbocycles. The molecule has 4 aromatic rings. The van der Waals surface area contributed by atoms with Crippen molar-refractivity contribution in [3.05, 3.63) is 112 Å². The van der Waals surface area contributed by atoms with Gasteiger partial charge in [0.05, 0.1) is 25.5 Å². The summed E-state index contributed by atoms with van der Waals surface area (Å²) >= 11 is 12.6. The summed E-state index contributed by atoms with van der Waals surface area (Å²) in [6, 6.07) is 22.2. The van der Waals surface area contributed by atoms with Gasteiger partial charge in [-0.2, -0.15) is 0 Å². The van der Waals surface area contributed by atoms with Crippen molar-refractivity contribution in [3.63, 3.8) is 0 Å². The summed E-state index contributed by atoms with van der Waals surface area (Å²) in [6.07, 6.45) is 3.83. The van der Waals surface area contributed by atoms with E-state index in [1.807, 2.05) is 71.6 Å². The molecule has 174 valence electrons. The van der Waals surface area contributed by atoms with Gasteiger partial charge in [0.15, 0.2) is 0 Å². The second-order valence-corrected chi connectivity index (χ2v) is 8.53. The minimum atomic E-state index is -0.131. The Morgan fingerprint density at radius 1 is 0.853 bits per heavy atom. The Balaban J connectivity index is 1.75. The van der Waals surface area contributed by atoms with E-state index < -0.39 is 0 Å². The van der Waals surface area contributed by atoms with E-state index in [1.54, 1.807) is 37.3 Å². The van der Waals surface area contributed by atoms with Crippen LogP contribution in [0.4, 0.5) is 0 Å². The van der Waals surface area contributed by atoms with Crippen LogP contribution < -0.4 is 9.47 Å². The van der Waals surface area contributed by atoms with E-state index in [2.05, 4.69) is 0 Å². The summed E-state index contributed by atoms with van der Waals surface area (Å²) in [7, 11) is 3.20. The largest absolute Gasteiger partial charge is 0.497 e. The van der Waals surface area contributed by atoms with Crippen LogP contribution in [0.1, 0.15) is 21.5 Å². The fourth-order valence-corrected chi connectivity index (χ4v) is 4.26. The Morgan fingerprint density at radius 2 is 1.56 bits per heavy atom. The van der Waals surface area contributed by atoms with Crippen LogP contribution in [-0.2, 0) is 13.1 Å². The Hall–Kier alpha value is -3.41. The molecule has 34 heavy (non-hydrogen) atoms. The number of carbonyl (C=O) groups is 1. The van der Waals surface area contributed by atoms with Crippen LogP contribution in [0.5, 0.6) is 11.5 Å². The number of para-hydroxylation sites is 1. The Morgan fingerprint density at radius 3 is 2.26 bits per heavy atom. The highest BCUT2D eigenvalue weighted by molar-refractivity contribution is 6.35. The van der Waals surface area contributed by atoms with E-state index in [0.29, 0.717) is 40.2 Å². The fraction of sp³-hybridized carbons (Fsp3) is 0.148. The van der Waals surface area contributed by atoms with E-state index in [0.717, 1.165) is 16.8 Å². The van der Waals surface area contributed by atoms with Crippen molar-refractivity contribution in [3.8, 4) is 17.2 Å². The van der Waals surface area contributed by atoms with Gasteiger partial charge in [0.2, 0.25) is 0 Å². The molecular formula is C27H24Cl2N2O3. The lowest BCUT2D eigenvalue weighted by molar-refractivity contribution is 0.0729. The number of halogens is 2. The molecule has 7 heteroatoms. The topological polar surface area (TPSA) is 43.7 Å². The van der Waals surface area contributed by atoms with Crippen molar-refractivity contribution in [2.75, 3.05) is 14.2 Å². The lowest BCUT2D eigenvalue weighted by Crippen LogP contribution is -2.31. The number of rotatable bonds is 8. The number of methoxy groups -OCH3 is 2. The molecule has 0 unspecified atom stereocenters. The third-order valence-electron chi connectivity index (χ3n) is 5.54. The monoisotopic (exact) mass is 494 g/mol. The number of ether oxygens (including phenoxy) is 2. The quantitative estimate of drug-likeness (QED) is 0.275. The SMILES string of the molecule is COc1ccc(CN(Cc2ccc(Cl)cc2Cl)C(=O)c2ccccc2-n2cccc2)c(OC)c1. The maximum Gasteiger partial charge on any atom is 0.256 e. The molecule has 1 heterocycles. The summed E-state index contributed by atoms with van der Waals surface area (Å²) in [5.41, 5.74) is 3.02. The highest BCUT2D eigenvalue weighted by atomic mass is 35.5. The minimum Gasteiger partial charge on any atom is -0.497 e. The van der Waals surface area contributed by atoms with Crippen molar-refractivity contribution in [1.29, 1.82) is 0 Å². The van der Waals surface area contributed by atoms with Gasteiger partial charge in [-0.1, -0.05) is 41.4 Å². The van der Waals surface area contributed by atoms with Crippen LogP contribution >= 0.6 is 23.2 Å². The zero-order chi connectivity index (χ0) is 24.1. The highest BCUT2D eigenvalue weighted by Crippen LogP contribution is 2.29. The predicted molar refractivity (Wildman–Crippen MR) is 135 cm³/mol. The minimum absolute atomic E-state index is 0.131. The first-order chi connectivity index (χ1) is 16.5. The molecule has 0 saturated carbocycles. The molecule has 0 atom stereocenters. The average molecular weight is 495 g/mol. The highest BCUT2D eigenvalue weighted by Gasteiger charge is 2.22. The lowest BCUT2D eigenvalue weighted by Gasteiger charge is -2.26. The van der Waals surface area contributed by atoms with Gasteiger partial charge in [0, 0.05) is 47.2 Å². The third kappa shape index (κ3) is 5.22. The summed E-state index contributed by atoms with van der Waals surface area (Å²) < 4.78 is 12.8. The Labute approximate surface area is 209 Å². The summed E-state index contributed by atoms with van der Waals surface area (Å²) in [4.78, 5) is 15.7. The van der Waals surface area contributed by atoms with Crippen molar-refractivity contribution in [1.82, 2.24) is 9.47 Å². The molecule has 0 fully saturated rings. The van der Waals surface area contributed by atoms with Crippen molar-refractivity contribution < 1.29 is 14.3 Å². The number of hydrogen-bond donors (Lipinski definition) is 0. The zero-order valence-corrected chi connectivity index (χ0v) is 20.4. The summed E-state index contributed by atoms with van der Waals surface area (Å²) in [6.45, 7) is 0.606. The standard InChI is InChI=1S/C27H24Cl2N2O3/c1-33-22-12-10-20(26(16-22)34-2)18-31(17-19-9-11-21(28)15-24(19)29)27(32)23-7-3-4-8-25(23)30-13-5-6-14-30/h3-16H,17-18H2,1-2H3. The smallest absolute Gasteiger partial charge is 0.256 e. The maximum atomic E-state index is 13.9. The van der Waals surface area contributed by atoms with Crippen molar-refractivity contribution in [2.45, 2.75) is 13.1 Å².